The predicted molar refractivity (Wildman–Crippen MR) is 113 cm³/mol. The predicted octanol–water partition coefficient (Wildman–Crippen LogP) is 5.13. The maximum absolute atomic E-state index is 9.99. The summed E-state index contributed by atoms with van der Waals surface area (Å²) in [6.07, 6.45) is 1.40. The first kappa shape index (κ1) is 18.9. The highest BCUT2D eigenvalue weighted by Crippen LogP contribution is 2.26. The van der Waals surface area contributed by atoms with E-state index in [-0.39, 0.29) is 0 Å². The van der Waals surface area contributed by atoms with Crippen LogP contribution in [-0.2, 0) is 6.54 Å². The number of benzene rings is 2. The monoisotopic (exact) mass is 361 g/mol. The van der Waals surface area contributed by atoms with Crippen LogP contribution in [0.1, 0.15) is 35.3 Å². The van der Waals surface area contributed by atoms with Crippen molar-refractivity contribution < 1.29 is 5.11 Å². The van der Waals surface area contributed by atoms with Crippen molar-refractivity contribution in [3.05, 3.63) is 83.0 Å². The molecule has 2 N–H and O–H groups in total. The molecule has 0 bridgehead atoms. The highest BCUT2D eigenvalue weighted by molar-refractivity contribution is 5.61. The van der Waals surface area contributed by atoms with Crippen LogP contribution in [0, 0.1) is 13.8 Å². The van der Waals surface area contributed by atoms with Gasteiger partial charge in [0.15, 0.2) is 0 Å². The maximum atomic E-state index is 9.99. The summed E-state index contributed by atoms with van der Waals surface area (Å²) < 4.78 is 0. The van der Waals surface area contributed by atoms with Crippen molar-refractivity contribution in [2.24, 2.45) is 0 Å². The number of aromatic nitrogens is 1. The van der Waals surface area contributed by atoms with Gasteiger partial charge in [0.2, 0.25) is 0 Å². The van der Waals surface area contributed by atoms with Crippen molar-refractivity contribution in [1.29, 1.82) is 0 Å². The van der Waals surface area contributed by atoms with Crippen molar-refractivity contribution in [3.63, 3.8) is 0 Å². The summed E-state index contributed by atoms with van der Waals surface area (Å²) >= 11 is 0. The van der Waals surface area contributed by atoms with Gasteiger partial charge in [0.1, 0.15) is 5.82 Å². The first-order chi connectivity index (χ1) is 12.9. The lowest BCUT2D eigenvalue weighted by molar-refractivity contribution is 0.199. The lowest BCUT2D eigenvalue weighted by Gasteiger charge is -2.23. The molecule has 0 amide bonds. The molecular weight excluding hydrogens is 334 g/mol. The molecule has 0 spiro atoms. The van der Waals surface area contributed by atoms with E-state index >= 15 is 0 Å². The number of aliphatic hydroxyl groups excluding tert-OH is 1. The minimum Gasteiger partial charge on any atom is -0.389 e. The van der Waals surface area contributed by atoms with E-state index in [9.17, 15) is 5.11 Å². The van der Waals surface area contributed by atoms with E-state index in [0.29, 0.717) is 0 Å². The van der Waals surface area contributed by atoms with E-state index in [2.05, 4.69) is 53.3 Å². The van der Waals surface area contributed by atoms with Gasteiger partial charge in [-0.25, -0.2) is 4.98 Å². The van der Waals surface area contributed by atoms with Crippen molar-refractivity contribution >= 4 is 17.2 Å². The Hall–Kier alpha value is -2.85. The molecule has 27 heavy (non-hydrogen) atoms. The highest BCUT2D eigenvalue weighted by Gasteiger charge is 2.11. The number of para-hydroxylation sites is 1. The number of rotatable bonds is 6. The summed E-state index contributed by atoms with van der Waals surface area (Å²) in [6, 6.07) is 18.4. The van der Waals surface area contributed by atoms with Gasteiger partial charge in [0.25, 0.3) is 0 Å². The van der Waals surface area contributed by atoms with E-state index in [1.165, 1.54) is 11.1 Å². The van der Waals surface area contributed by atoms with Crippen LogP contribution in [0.15, 0.2) is 60.8 Å². The number of aliphatic hydroxyl groups is 1. The SMILES string of the molecule is Cc1ccc(C)c(Nc2ccc(CN(C)c3ccccc3C(C)O)cn2)c1. The van der Waals surface area contributed by atoms with Crippen molar-refractivity contribution in [2.75, 3.05) is 17.3 Å². The highest BCUT2D eigenvalue weighted by atomic mass is 16.3. The van der Waals surface area contributed by atoms with Crippen LogP contribution >= 0.6 is 0 Å². The van der Waals surface area contributed by atoms with E-state index in [1.807, 2.05) is 43.6 Å². The van der Waals surface area contributed by atoms with E-state index in [0.717, 1.165) is 34.9 Å². The van der Waals surface area contributed by atoms with Gasteiger partial charge < -0.3 is 15.3 Å². The fourth-order valence-corrected chi connectivity index (χ4v) is 3.15. The van der Waals surface area contributed by atoms with Crippen LogP contribution in [0.2, 0.25) is 0 Å². The number of nitrogens with one attached hydrogen (secondary N) is 1. The molecule has 140 valence electrons. The molecule has 1 unspecified atom stereocenters. The number of hydrogen-bond donors (Lipinski definition) is 2. The standard InChI is InChI=1S/C23H27N3O/c1-16-9-10-17(2)21(13-16)25-23-12-11-19(14-24-23)15-26(4)22-8-6-5-7-20(22)18(3)27/h5-14,18,27H,15H2,1-4H3,(H,24,25). The number of anilines is 3. The zero-order valence-corrected chi connectivity index (χ0v) is 16.4. The summed E-state index contributed by atoms with van der Waals surface area (Å²) in [6.45, 7) is 6.69. The third kappa shape index (κ3) is 4.66. The van der Waals surface area contributed by atoms with Crippen molar-refractivity contribution in [3.8, 4) is 0 Å². The topological polar surface area (TPSA) is 48.4 Å². The molecule has 3 aromatic rings. The van der Waals surface area contributed by atoms with Gasteiger partial charge in [0.05, 0.1) is 6.10 Å². The number of hydrogen-bond acceptors (Lipinski definition) is 4. The average Bonchev–Trinajstić information content (AvgIpc) is 2.66. The van der Waals surface area contributed by atoms with Gasteiger partial charge in [0, 0.05) is 36.7 Å². The zero-order valence-electron chi connectivity index (χ0n) is 16.4. The minimum atomic E-state index is -0.495. The molecular formula is C23H27N3O. The molecule has 2 aromatic carbocycles. The molecule has 1 aromatic heterocycles. The van der Waals surface area contributed by atoms with Gasteiger partial charge >= 0.3 is 0 Å². The normalized spacial score (nSPS) is 11.9. The largest absolute Gasteiger partial charge is 0.389 e. The molecule has 1 heterocycles. The van der Waals surface area contributed by atoms with Gasteiger partial charge in [-0.1, -0.05) is 36.4 Å². The fourth-order valence-electron chi connectivity index (χ4n) is 3.15. The van der Waals surface area contributed by atoms with E-state index in [4.69, 9.17) is 0 Å². The molecule has 0 fully saturated rings. The molecule has 0 aliphatic heterocycles. The van der Waals surface area contributed by atoms with Crippen molar-refractivity contribution in [2.45, 2.75) is 33.4 Å². The van der Waals surface area contributed by atoms with E-state index < -0.39 is 6.10 Å². The summed E-state index contributed by atoms with van der Waals surface area (Å²) in [5.74, 6) is 0.833. The molecule has 0 radical (unpaired) electrons. The molecule has 3 rings (SSSR count). The smallest absolute Gasteiger partial charge is 0.130 e. The lowest BCUT2D eigenvalue weighted by atomic mass is 10.1. The first-order valence-corrected chi connectivity index (χ1v) is 9.21. The van der Waals surface area contributed by atoms with E-state index in [1.54, 1.807) is 6.92 Å². The lowest BCUT2D eigenvalue weighted by Crippen LogP contribution is -2.18. The minimum absolute atomic E-state index is 0.495. The fraction of sp³-hybridized carbons (Fsp3) is 0.261. The van der Waals surface area contributed by atoms with Gasteiger partial charge in [-0.2, -0.15) is 0 Å². The van der Waals surface area contributed by atoms with Gasteiger partial charge in [-0.15, -0.1) is 0 Å². The summed E-state index contributed by atoms with van der Waals surface area (Å²) in [5.41, 5.74) is 6.58. The number of nitrogens with zero attached hydrogens (tertiary/aromatic N) is 2. The van der Waals surface area contributed by atoms with Crippen LogP contribution in [-0.4, -0.2) is 17.1 Å². The van der Waals surface area contributed by atoms with Crippen LogP contribution in [0.25, 0.3) is 0 Å². The second-order valence-corrected chi connectivity index (χ2v) is 7.09. The quantitative estimate of drug-likeness (QED) is 0.639. The Morgan fingerprint density at radius 1 is 1.07 bits per heavy atom. The molecule has 4 heteroatoms. The Bertz CT molecular complexity index is 904. The van der Waals surface area contributed by atoms with Crippen molar-refractivity contribution in [1.82, 2.24) is 4.98 Å². The molecule has 0 saturated heterocycles. The van der Waals surface area contributed by atoms with Crippen LogP contribution in [0.5, 0.6) is 0 Å². The van der Waals surface area contributed by atoms with Crippen LogP contribution in [0.3, 0.4) is 0 Å². The average molecular weight is 361 g/mol. The van der Waals surface area contributed by atoms with Crippen LogP contribution in [0.4, 0.5) is 17.2 Å². The van der Waals surface area contributed by atoms with Gasteiger partial charge in [-0.05, 0) is 55.7 Å². The van der Waals surface area contributed by atoms with Crippen LogP contribution < -0.4 is 10.2 Å². The Morgan fingerprint density at radius 3 is 2.56 bits per heavy atom. The Labute approximate surface area is 161 Å². The Balaban J connectivity index is 1.72. The molecule has 1 atom stereocenters. The number of pyridine rings is 1. The third-order valence-electron chi connectivity index (χ3n) is 4.70. The molecule has 0 aliphatic rings. The zero-order chi connectivity index (χ0) is 19.4. The first-order valence-electron chi connectivity index (χ1n) is 9.21. The second kappa shape index (κ2) is 8.23. The summed E-state index contributed by atoms with van der Waals surface area (Å²) in [4.78, 5) is 6.70. The Morgan fingerprint density at radius 2 is 1.85 bits per heavy atom. The number of aryl methyl sites for hydroxylation is 2. The molecule has 0 saturated carbocycles. The summed E-state index contributed by atoms with van der Waals surface area (Å²) in [5, 5.41) is 13.4. The third-order valence-corrected chi connectivity index (χ3v) is 4.70. The maximum Gasteiger partial charge on any atom is 0.130 e. The molecule has 4 nitrogen and oxygen atoms in total. The van der Waals surface area contributed by atoms with Gasteiger partial charge in [-0.3, -0.25) is 0 Å². The Kier molecular flexibility index (Phi) is 5.77. The molecule has 0 aliphatic carbocycles. The summed E-state index contributed by atoms with van der Waals surface area (Å²) in [7, 11) is 2.03. The second-order valence-electron chi connectivity index (χ2n) is 7.09.